The van der Waals surface area contributed by atoms with Crippen LogP contribution in [0.3, 0.4) is 0 Å². The van der Waals surface area contributed by atoms with E-state index in [9.17, 15) is 9.90 Å². The summed E-state index contributed by atoms with van der Waals surface area (Å²) < 4.78 is 0. The van der Waals surface area contributed by atoms with E-state index in [1.807, 2.05) is 18.7 Å². The molecule has 92 valence electrons. The van der Waals surface area contributed by atoms with Crippen LogP contribution in [-0.2, 0) is 4.79 Å². The largest absolute Gasteiger partial charge is 0.393 e. The molecule has 0 radical (unpaired) electrons. The van der Waals surface area contributed by atoms with Gasteiger partial charge in [0.1, 0.15) is 0 Å². The molecule has 0 bridgehead atoms. The van der Waals surface area contributed by atoms with Crippen LogP contribution in [0.5, 0.6) is 0 Å². The molecule has 1 aliphatic heterocycles. The van der Waals surface area contributed by atoms with Gasteiger partial charge in [-0.3, -0.25) is 4.79 Å². The van der Waals surface area contributed by atoms with E-state index in [4.69, 9.17) is 0 Å². The van der Waals surface area contributed by atoms with Gasteiger partial charge in [0.05, 0.1) is 6.10 Å². The Bertz CT molecular complexity index is 265. The summed E-state index contributed by atoms with van der Waals surface area (Å²) in [6.45, 7) is 4.82. The summed E-state index contributed by atoms with van der Waals surface area (Å²) in [5.41, 5.74) is 0. The van der Waals surface area contributed by atoms with Crippen LogP contribution >= 0.6 is 0 Å². The van der Waals surface area contributed by atoms with Crippen LogP contribution in [0.15, 0.2) is 0 Å². The molecule has 3 nitrogen and oxygen atoms in total. The van der Waals surface area contributed by atoms with Crippen molar-refractivity contribution in [1.82, 2.24) is 4.90 Å². The van der Waals surface area contributed by atoms with E-state index in [0.717, 1.165) is 38.6 Å². The van der Waals surface area contributed by atoms with Crippen molar-refractivity contribution in [2.75, 3.05) is 6.54 Å². The third-order valence-corrected chi connectivity index (χ3v) is 4.10. The van der Waals surface area contributed by atoms with Gasteiger partial charge < -0.3 is 10.0 Å². The normalized spacial score (nSPS) is 35.0. The number of aliphatic hydroxyl groups is 1. The van der Waals surface area contributed by atoms with Gasteiger partial charge >= 0.3 is 0 Å². The molecule has 1 heterocycles. The summed E-state index contributed by atoms with van der Waals surface area (Å²) in [5.74, 6) is 0.686. The second-order valence-corrected chi connectivity index (χ2v) is 5.56. The molecular formula is C13H23NO2. The van der Waals surface area contributed by atoms with E-state index in [2.05, 4.69) is 0 Å². The van der Waals surface area contributed by atoms with Crippen LogP contribution in [0, 0.1) is 11.8 Å². The minimum absolute atomic E-state index is 0.0825. The summed E-state index contributed by atoms with van der Waals surface area (Å²) in [6, 6.07) is 0.312. The first-order chi connectivity index (χ1) is 7.61. The number of likely N-dealkylation sites (tertiary alicyclic amines) is 1. The fraction of sp³-hybridized carbons (Fsp3) is 0.923. The minimum Gasteiger partial charge on any atom is -0.393 e. The van der Waals surface area contributed by atoms with E-state index >= 15 is 0 Å². The molecule has 0 spiro atoms. The fourth-order valence-electron chi connectivity index (χ4n) is 3.26. The van der Waals surface area contributed by atoms with Crippen LogP contribution in [0.4, 0.5) is 0 Å². The first kappa shape index (κ1) is 11.9. The summed E-state index contributed by atoms with van der Waals surface area (Å²) in [7, 11) is 0. The van der Waals surface area contributed by atoms with Gasteiger partial charge in [0.25, 0.3) is 0 Å². The average molecular weight is 225 g/mol. The number of rotatable bonds is 2. The molecule has 1 saturated heterocycles. The van der Waals surface area contributed by atoms with E-state index in [0.29, 0.717) is 12.0 Å². The van der Waals surface area contributed by atoms with Gasteiger partial charge in [-0.1, -0.05) is 20.3 Å². The first-order valence-corrected chi connectivity index (χ1v) is 6.60. The summed E-state index contributed by atoms with van der Waals surface area (Å²) in [5, 5.41) is 9.95. The molecule has 1 amide bonds. The SMILES string of the molecule is CC(C)C(=O)N1CCCC1C1CCCC1O. The number of nitrogens with zero attached hydrogens (tertiary/aromatic N) is 1. The Morgan fingerprint density at radius 1 is 1.25 bits per heavy atom. The molecule has 1 N–H and O–H groups in total. The second-order valence-electron chi connectivity index (χ2n) is 5.56. The first-order valence-electron chi connectivity index (χ1n) is 6.60. The molecule has 0 aromatic rings. The van der Waals surface area contributed by atoms with E-state index < -0.39 is 0 Å². The third kappa shape index (κ3) is 2.10. The summed E-state index contributed by atoms with van der Waals surface area (Å²) in [4.78, 5) is 14.1. The Labute approximate surface area is 97.8 Å². The van der Waals surface area contributed by atoms with Gasteiger partial charge in [-0.05, 0) is 25.7 Å². The average Bonchev–Trinajstić information content (AvgIpc) is 2.84. The zero-order valence-electron chi connectivity index (χ0n) is 10.4. The maximum Gasteiger partial charge on any atom is 0.225 e. The molecule has 3 heteroatoms. The number of carbonyl (C=O) groups is 1. The van der Waals surface area contributed by atoms with Crippen molar-refractivity contribution in [3.8, 4) is 0 Å². The Kier molecular flexibility index (Phi) is 3.53. The van der Waals surface area contributed by atoms with Crippen molar-refractivity contribution in [3.63, 3.8) is 0 Å². The zero-order chi connectivity index (χ0) is 11.7. The molecule has 0 aromatic carbocycles. The number of hydrogen-bond acceptors (Lipinski definition) is 2. The minimum atomic E-state index is -0.175. The van der Waals surface area contributed by atoms with Crippen LogP contribution < -0.4 is 0 Å². The molecule has 1 aliphatic carbocycles. The predicted molar refractivity (Wildman–Crippen MR) is 62.9 cm³/mol. The Morgan fingerprint density at radius 3 is 2.56 bits per heavy atom. The molecule has 16 heavy (non-hydrogen) atoms. The lowest BCUT2D eigenvalue weighted by Gasteiger charge is -2.32. The third-order valence-electron chi connectivity index (χ3n) is 4.10. The van der Waals surface area contributed by atoms with E-state index in [-0.39, 0.29) is 17.9 Å². The van der Waals surface area contributed by atoms with Crippen LogP contribution in [0.2, 0.25) is 0 Å². The van der Waals surface area contributed by atoms with Crippen molar-refractivity contribution in [2.24, 2.45) is 11.8 Å². The maximum atomic E-state index is 12.1. The summed E-state index contributed by atoms with van der Waals surface area (Å²) >= 11 is 0. The van der Waals surface area contributed by atoms with E-state index in [1.165, 1.54) is 0 Å². The van der Waals surface area contributed by atoms with Gasteiger partial charge in [0.15, 0.2) is 0 Å². The monoisotopic (exact) mass is 225 g/mol. The molecular weight excluding hydrogens is 202 g/mol. The second kappa shape index (κ2) is 4.74. The Morgan fingerprint density at radius 2 is 2.00 bits per heavy atom. The lowest BCUT2D eigenvalue weighted by Crippen LogP contribution is -2.44. The molecule has 3 unspecified atom stereocenters. The maximum absolute atomic E-state index is 12.1. The van der Waals surface area contributed by atoms with Crippen LogP contribution in [0.1, 0.15) is 46.0 Å². The quantitative estimate of drug-likeness (QED) is 0.778. The molecule has 1 saturated carbocycles. The predicted octanol–water partition coefficient (Wildman–Crippen LogP) is 1.79. The Balaban J connectivity index is 2.05. The van der Waals surface area contributed by atoms with Gasteiger partial charge in [-0.15, -0.1) is 0 Å². The topological polar surface area (TPSA) is 40.5 Å². The highest BCUT2D eigenvalue weighted by atomic mass is 16.3. The zero-order valence-corrected chi connectivity index (χ0v) is 10.4. The van der Waals surface area contributed by atoms with Crippen LogP contribution in [0.25, 0.3) is 0 Å². The lowest BCUT2D eigenvalue weighted by molar-refractivity contribution is -0.136. The van der Waals surface area contributed by atoms with Crippen molar-refractivity contribution in [2.45, 2.75) is 58.1 Å². The highest BCUT2D eigenvalue weighted by Crippen LogP contribution is 2.36. The molecule has 2 aliphatic rings. The molecule has 3 atom stereocenters. The van der Waals surface area contributed by atoms with Crippen LogP contribution in [-0.4, -0.2) is 34.6 Å². The molecule has 0 aromatic heterocycles. The van der Waals surface area contributed by atoms with Crippen molar-refractivity contribution in [1.29, 1.82) is 0 Å². The number of aliphatic hydroxyl groups excluding tert-OH is 1. The molecule has 2 fully saturated rings. The standard InChI is InChI=1S/C13H23NO2/c1-9(2)13(16)14-8-4-6-11(14)10-5-3-7-12(10)15/h9-12,15H,3-8H2,1-2H3. The lowest BCUT2D eigenvalue weighted by atomic mass is 9.93. The van der Waals surface area contributed by atoms with Gasteiger partial charge in [-0.2, -0.15) is 0 Å². The van der Waals surface area contributed by atoms with Crippen molar-refractivity contribution in [3.05, 3.63) is 0 Å². The van der Waals surface area contributed by atoms with Gasteiger partial charge in [0, 0.05) is 24.4 Å². The van der Waals surface area contributed by atoms with Gasteiger partial charge in [-0.25, -0.2) is 0 Å². The number of carbonyl (C=O) groups excluding carboxylic acids is 1. The fourth-order valence-corrected chi connectivity index (χ4v) is 3.26. The van der Waals surface area contributed by atoms with Crippen molar-refractivity contribution < 1.29 is 9.90 Å². The highest BCUT2D eigenvalue weighted by molar-refractivity contribution is 5.78. The number of hydrogen-bond donors (Lipinski definition) is 1. The van der Waals surface area contributed by atoms with Gasteiger partial charge in [0.2, 0.25) is 5.91 Å². The summed E-state index contributed by atoms with van der Waals surface area (Å²) in [6.07, 6.45) is 5.14. The molecule has 2 rings (SSSR count). The van der Waals surface area contributed by atoms with E-state index in [1.54, 1.807) is 0 Å². The highest BCUT2D eigenvalue weighted by Gasteiger charge is 2.40. The van der Waals surface area contributed by atoms with Crippen molar-refractivity contribution >= 4 is 5.91 Å². The number of amides is 1. The Hall–Kier alpha value is -0.570. The smallest absolute Gasteiger partial charge is 0.225 e.